The summed E-state index contributed by atoms with van der Waals surface area (Å²) in [4.78, 5) is 27.1. The summed E-state index contributed by atoms with van der Waals surface area (Å²) in [5, 5.41) is 11.9. The fraction of sp³-hybridized carbons (Fsp3) is 0.500. The number of nitrogens with one attached hydrogen (secondary N) is 1. The summed E-state index contributed by atoms with van der Waals surface area (Å²) in [6.45, 7) is 0.00795. The molecule has 0 aliphatic heterocycles. The molecule has 0 unspecified atom stereocenters. The van der Waals surface area contributed by atoms with Gasteiger partial charge in [0.2, 0.25) is 0 Å². The van der Waals surface area contributed by atoms with Gasteiger partial charge in [0.15, 0.2) is 0 Å². The molecule has 21 heavy (non-hydrogen) atoms. The lowest BCUT2D eigenvalue weighted by atomic mass is 9.74. The monoisotopic (exact) mass is 314 g/mol. The molecule has 114 valence electrons. The van der Waals surface area contributed by atoms with Gasteiger partial charge in [-0.05, 0) is 18.9 Å². The summed E-state index contributed by atoms with van der Waals surface area (Å²) < 4.78 is 13.1. The largest absolute Gasteiger partial charge is 0.481 e. The van der Waals surface area contributed by atoms with E-state index in [1.807, 2.05) is 0 Å². The van der Waals surface area contributed by atoms with Gasteiger partial charge in [-0.2, -0.15) is 0 Å². The highest BCUT2D eigenvalue weighted by Gasteiger charge is 2.39. The number of hydrogen-bond donors (Lipinski definition) is 2. The van der Waals surface area contributed by atoms with Gasteiger partial charge in [-0.3, -0.25) is 9.59 Å². The van der Waals surface area contributed by atoms with Crippen LogP contribution in [0.5, 0.6) is 0 Å². The Labute approximate surface area is 126 Å². The zero-order valence-corrected chi connectivity index (χ0v) is 12.1. The summed E-state index contributed by atoms with van der Waals surface area (Å²) in [6, 6.07) is 0.985. The molecule has 0 spiro atoms. The smallest absolute Gasteiger partial charge is 0.311 e. The maximum atomic E-state index is 13.1. The standard InChI is InChI=1S/C14H16ClFN2O3/c15-11-10(6-9(16)7-17-11)12(19)18-8-14(13(20)21)4-2-1-3-5-14/h6-7H,1-5,8H2,(H,18,19)(H,20,21). The maximum Gasteiger partial charge on any atom is 0.311 e. The number of carboxylic acid groups (broad SMARTS) is 1. The van der Waals surface area contributed by atoms with Crippen LogP contribution in [0.2, 0.25) is 5.15 Å². The second kappa shape index (κ2) is 6.39. The number of amides is 1. The van der Waals surface area contributed by atoms with Crippen LogP contribution in [0.25, 0.3) is 0 Å². The highest BCUT2D eigenvalue weighted by Crippen LogP contribution is 2.36. The first kappa shape index (κ1) is 15.7. The third kappa shape index (κ3) is 3.50. The van der Waals surface area contributed by atoms with E-state index in [0.717, 1.165) is 31.5 Å². The minimum atomic E-state index is -0.943. The van der Waals surface area contributed by atoms with Gasteiger partial charge in [-0.15, -0.1) is 0 Å². The van der Waals surface area contributed by atoms with E-state index < -0.39 is 23.1 Å². The molecule has 1 aromatic rings. The van der Waals surface area contributed by atoms with Gasteiger partial charge in [0, 0.05) is 6.54 Å². The number of aliphatic carboxylic acids is 1. The van der Waals surface area contributed by atoms with E-state index in [9.17, 15) is 19.1 Å². The first-order valence-corrected chi connectivity index (χ1v) is 7.15. The van der Waals surface area contributed by atoms with Crippen LogP contribution < -0.4 is 5.32 Å². The van der Waals surface area contributed by atoms with Crippen molar-refractivity contribution in [1.29, 1.82) is 0 Å². The molecular formula is C14H16ClFN2O3. The molecule has 2 N–H and O–H groups in total. The van der Waals surface area contributed by atoms with E-state index in [1.54, 1.807) is 0 Å². The van der Waals surface area contributed by atoms with Crippen molar-refractivity contribution in [2.45, 2.75) is 32.1 Å². The van der Waals surface area contributed by atoms with E-state index in [-0.39, 0.29) is 17.3 Å². The molecule has 1 amide bonds. The van der Waals surface area contributed by atoms with Crippen molar-refractivity contribution >= 4 is 23.5 Å². The lowest BCUT2D eigenvalue weighted by Gasteiger charge is -2.33. The predicted molar refractivity (Wildman–Crippen MR) is 74.7 cm³/mol. The van der Waals surface area contributed by atoms with E-state index in [4.69, 9.17) is 11.6 Å². The Morgan fingerprint density at radius 2 is 2.05 bits per heavy atom. The Hall–Kier alpha value is -1.69. The van der Waals surface area contributed by atoms with Crippen LogP contribution in [-0.4, -0.2) is 28.5 Å². The van der Waals surface area contributed by atoms with Crippen LogP contribution in [0.1, 0.15) is 42.5 Å². The van der Waals surface area contributed by atoms with Crippen LogP contribution in [-0.2, 0) is 4.79 Å². The molecular weight excluding hydrogens is 299 g/mol. The molecule has 0 atom stereocenters. The number of rotatable bonds is 4. The fourth-order valence-corrected chi connectivity index (χ4v) is 2.81. The zero-order valence-electron chi connectivity index (χ0n) is 11.4. The van der Waals surface area contributed by atoms with Crippen molar-refractivity contribution in [1.82, 2.24) is 10.3 Å². The molecule has 7 heteroatoms. The number of carboxylic acids is 1. The van der Waals surface area contributed by atoms with Gasteiger partial charge >= 0.3 is 5.97 Å². The number of carbonyl (C=O) groups excluding carboxylic acids is 1. The van der Waals surface area contributed by atoms with Gasteiger partial charge in [0.25, 0.3) is 5.91 Å². The molecule has 1 fully saturated rings. The van der Waals surface area contributed by atoms with Gasteiger partial charge in [0.05, 0.1) is 17.2 Å². The van der Waals surface area contributed by atoms with Gasteiger partial charge < -0.3 is 10.4 Å². The molecule has 1 saturated carbocycles. The first-order valence-electron chi connectivity index (χ1n) is 6.77. The van der Waals surface area contributed by atoms with E-state index in [0.29, 0.717) is 12.8 Å². The number of carbonyl (C=O) groups is 2. The van der Waals surface area contributed by atoms with Gasteiger partial charge in [-0.25, -0.2) is 9.37 Å². The molecule has 1 aliphatic carbocycles. The number of halogens is 2. The van der Waals surface area contributed by atoms with Crippen LogP contribution >= 0.6 is 11.6 Å². The zero-order chi connectivity index (χ0) is 15.5. The van der Waals surface area contributed by atoms with Crippen LogP contribution in [0.15, 0.2) is 12.3 Å². The summed E-state index contributed by atoms with van der Waals surface area (Å²) >= 11 is 5.75. The maximum absolute atomic E-state index is 13.1. The summed E-state index contributed by atoms with van der Waals surface area (Å²) in [7, 11) is 0. The second-order valence-corrected chi connectivity index (χ2v) is 5.68. The van der Waals surface area contributed by atoms with E-state index >= 15 is 0 Å². The van der Waals surface area contributed by atoms with E-state index in [2.05, 4.69) is 10.3 Å². The third-order valence-corrected chi connectivity index (χ3v) is 4.20. The van der Waals surface area contributed by atoms with Gasteiger partial charge in [0.1, 0.15) is 11.0 Å². The molecule has 1 aliphatic rings. The first-order chi connectivity index (χ1) is 9.94. The molecule has 1 aromatic heterocycles. The predicted octanol–water partition coefficient (Wildman–Crippen LogP) is 2.64. The van der Waals surface area contributed by atoms with Crippen LogP contribution in [0.4, 0.5) is 4.39 Å². The summed E-state index contributed by atoms with van der Waals surface area (Å²) in [5.74, 6) is -2.20. The lowest BCUT2D eigenvalue weighted by Crippen LogP contribution is -2.44. The highest BCUT2D eigenvalue weighted by molar-refractivity contribution is 6.32. The number of nitrogens with zero attached hydrogens (tertiary/aromatic N) is 1. The van der Waals surface area contributed by atoms with Gasteiger partial charge in [-0.1, -0.05) is 30.9 Å². The normalized spacial score (nSPS) is 17.2. The third-order valence-electron chi connectivity index (χ3n) is 3.90. The quantitative estimate of drug-likeness (QED) is 0.837. The molecule has 0 bridgehead atoms. The van der Waals surface area contributed by atoms with Crippen LogP contribution in [0.3, 0.4) is 0 Å². The Morgan fingerprint density at radius 3 is 2.67 bits per heavy atom. The molecule has 2 rings (SSSR count). The number of hydrogen-bond acceptors (Lipinski definition) is 3. The fourth-order valence-electron chi connectivity index (χ4n) is 2.62. The molecule has 0 saturated heterocycles. The van der Waals surface area contributed by atoms with Crippen molar-refractivity contribution in [2.24, 2.45) is 5.41 Å². The Bertz CT molecular complexity index is 559. The molecule has 5 nitrogen and oxygen atoms in total. The highest BCUT2D eigenvalue weighted by atomic mass is 35.5. The molecule has 1 heterocycles. The average molecular weight is 315 g/mol. The SMILES string of the molecule is O=C(NCC1(C(=O)O)CCCCC1)c1cc(F)cnc1Cl. The van der Waals surface area contributed by atoms with Crippen molar-refractivity contribution in [3.63, 3.8) is 0 Å². The van der Waals surface area contributed by atoms with E-state index in [1.165, 1.54) is 0 Å². The Balaban J connectivity index is 2.08. The van der Waals surface area contributed by atoms with Crippen LogP contribution in [0, 0.1) is 11.2 Å². The Kier molecular flexibility index (Phi) is 4.77. The lowest BCUT2D eigenvalue weighted by molar-refractivity contribution is -0.150. The average Bonchev–Trinajstić information content (AvgIpc) is 2.48. The summed E-state index contributed by atoms with van der Waals surface area (Å²) in [5.41, 5.74) is -1.03. The number of pyridine rings is 1. The Morgan fingerprint density at radius 1 is 1.38 bits per heavy atom. The van der Waals surface area contributed by atoms with Crippen molar-refractivity contribution in [3.05, 3.63) is 28.8 Å². The second-order valence-electron chi connectivity index (χ2n) is 5.32. The topological polar surface area (TPSA) is 79.3 Å². The minimum Gasteiger partial charge on any atom is -0.481 e. The number of aromatic nitrogens is 1. The summed E-state index contributed by atoms with van der Waals surface area (Å²) in [6.07, 6.45) is 4.62. The van der Waals surface area contributed by atoms with Crippen molar-refractivity contribution in [3.8, 4) is 0 Å². The van der Waals surface area contributed by atoms with Crippen molar-refractivity contribution < 1.29 is 19.1 Å². The molecule has 0 aromatic carbocycles. The van der Waals surface area contributed by atoms with Crippen molar-refractivity contribution in [2.75, 3.05) is 6.54 Å². The molecule has 0 radical (unpaired) electrons. The minimum absolute atomic E-state index is 0.00795.